The van der Waals surface area contributed by atoms with E-state index in [1.54, 1.807) is 6.07 Å². The number of carbonyl (C=O) groups is 1. The van der Waals surface area contributed by atoms with Gasteiger partial charge in [0.05, 0.1) is 0 Å². The molecule has 1 rings (SSSR count). The average molecular weight is 214 g/mol. The molecule has 0 aromatic carbocycles. The van der Waals surface area contributed by atoms with Crippen molar-refractivity contribution in [3.8, 4) is 0 Å². The molecule has 5 heteroatoms. The lowest BCUT2D eigenvalue weighted by Crippen LogP contribution is -2.28. The van der Waals surface area contributed by atoms with E-state index >= 15 is 0 Å². The molecule has 0 aliphatic heterocycles. The summed E-state index contributed by atoms with van der Waals surface area (Å²) in [4.78, 5) is 11.4. The third kappa shape index (κ3) is 3.01. The van der Waals surface area contributed by atoms with Gasteiger partial charge in [0.15, 0.2) is 0 Å². The Morgan fingerprint density at radius 3 is 2.57 bits per heavy atom. The van der Waals surface area contributed by atoms with Crippen molar-refractivity contribution in [1.29, 1.82) is 0 Å². The van der Waals surface area contributed by atoms with Gasteiger partial charge in [-0.2, -0.15) is 0 Å². The maximum absolute atomic E-state index is 11.4. The Labute approximate surface area is 83.6 Å². The van der Waals surface area contributed by atoms with Crippen LogP contribution in [-0.2, 0) is 11.0 Å². The number of carbonyl (C=O) groups excluding carboxylic acids is 1. The van der Waals surface area contributed by atoms with Gasteiger partial charge in [-0.25, -0.2) is 4.79 Å². The van der Waals surface area contributed by atoms with Crippen LogP contribution in [0.25, 0.3) is 0 Å². The Balaban J connectivity index is 2.70. The number of hydrogen-bond acceptors (Lipinski definition) is 4. The Morgan fingerprint density at radius 1 is 1.50 bits per heavy atom. The van der Waals surface area contributed by atoms with Crippen molar-refractivity contribution < 1.29 is 18.7 Å². The molecule has 0 radical (unpaired) electrons. The van der Waals surface area contributed by atoms with Gasteiger partial charge < -0.3 is 13.9 Å². The summed E-state index contributed by atoms with van der Waals surface area (Å²) in [6.07, 6.45) is 0. The molecular weight excluding hydrogens is 200 g/mol. The Bertz CT molecular complexity index is 324. The van der Waals surface area contributed by atoms with E-state index in [0.717, 1.165) is 0 Å². The standard InChI is InChI=1S/C9H14O4Si/c1-14(2,3)13-9(11)8-5-4-7(6-10)12-8/h4-5,10H,6H2,1-3H3. The summed E-state index contributed by atoms with van der Waals surface area (Å²) in [6.45, 7) is 5.54. The van der Waals surface area contributed by atoms with E-state index in [-0.39, 0.29) is 12.4 Å². The fourth-order valence-electron chi connectivity index (χ4n) is 0.901. The quantitative estimate of drug-likeness (QED) is 0.779. The second-order valence-electron chi connectivity index (χ2n) is 3.93. The van der Waals surface area contributed by atoms with Crippen molar-refractivity contribution in [1.82, 2.24) is 0 Å². The van der Waals surface area contributed by atoms with Gasteiger partial charge >= 0.3 is 5.97 Å². The number of hydrogen-bond donors (Lipinski definition) is 1. The highest BCUT2D eigenvalue weighted by atomic mass is 28.4. The van der Waals surface area contributed by atoms with Crippen LogP contribution in [0.3, 0.4) is 0 Å². The maximum Gasteiger partial charge on any atom is 0.360 e. The van der Waals surface area contributed by atoms with Crippen molar-refractivity contribution in [2.75, 3.05) is 0 Å². The predicted molar refractivity (Wildman–Crippen MR) is 53.4 cm³/mol. The molecule has 0 saturated heterocycles. The molecule has 4 nitrogen and oxygen atoms in total. The van der Waals surface area contributed by atoms with Gasteiger partial charge in [0.1, 0.15) is 12.4 Å². The van der Waals surface area contributed by atoms with Crippen LogP contribution in [-0.4, -0.2) is 19.4 Å². The van der Waals surface area contributed by atoms with Gasteiger partial charge in [0.25, 0.3) is 0 Å². The largest absolute Gasteiger partial charge is 0.514 e. The summed E-state index contributed by atoms with van der Waals surface area (Å²) in [6, 6.07) is 3.06. The smallest absolute Gasteiger partial charge is 0.360 e. The van der Waals surface area contributed by atoms with E-state index in [9.17, 15) is 4.79 Å². The molecule has 1 heterocycles. The van der Waals surface area contributed by atoms with Crippen molar-refractivity contribution in [2.24, 2.45) is 0 Å². The molecule has 1 N–H and O–H groups in total. The van der Waals surface area contributed by atoms with Gasteiger partial charge in [-0.05, 0) is 31.8 Å². The summed E-state index contributed by atoms with van der Waals surface area (Å²) in [5.41, 5.74) is 0. The van der Waals surface area contributed by atoms with Gasteiger partial charge in [0, 0.05) is 0 Å². The summed E-state index contributed by atoms with van der Waals surface area (Å²) in [7, 11) is -1.88. The Morgan fingerprint density at radius 2 is 2.14 bits per heavy atom. The Hall–Kier alpha value is -1.07. The van der Waals surface area contributed by atoms with Gasteiger partial charge in [-0.3, -0.25) is 0 Å². The molecule has 14 heavy (non-hydrogen) atoms. The lowest BCUT2D eigenvalue weighted by Gasteiger charge is -2.15. The fraction of sp³-hybridized carbons (Fsp3) is 0.444. The highest BCUT2D eigenvalue weighted by Gasteiger charge is 2.22. The van der Waals surface area contributed by atoms with Crippen LogP contribution in [0, 0.1) is 0 Å². The monoisotopic (exact) mass is 214 g/mol. The SMILES string of the molecule is C[Si](C)(C)OC(=O)c1ccc(CO)o1. The number of furan rings is 1. The lowest BCUT2D eigenvalue weighted by atomic mass is 10.4. The summed E-state index contributed by atoms with van der Waals surface area (Å²) < 4.78 is 10.2. The van der Waals surface area contributed by atoms with E-state index in [4.69, 9.17) is 13.9 Å². The topological polar surface area (TPSA) is 59.7 Å². The first-order chi connectivity index (χ1) is 6.42. The van der Waals surface area contributed by atoms with Crippen molar-refractivity contribution in [2.45, 2.75) is 26.2 Å². The minimum atomic E-state index is -1.88. The van der Waals surface area contributed by atoms with Crippen LogP contribution in [0.4, 0.5) is 0 Å². The first kappa shape index (κ1) is 11.0. The van der Waals surface area contributed by atoms with Crippen LogP contribution in [0.5, 0.6) is 0 Å². The zero-order valence-corrected chi connectivity index (χ0v) is 9.53. The third-order valence-corrected chi connectivity index (χ3v) is 2.22. The second-order valence-corrected chi connectivity index (χ2v) is 8.35. The normalized spacial score (nSPS) is 11.4. The van der Waals surface area contributed by atoms with Crippen LogP contribution in [0.15, 0.2) is 16.5 Å². The van der Waals surface area contributed by atoms with Gasteiger partial charge in [0.2, 0.25) is 14.1 Å². The van der Waals surface area contributed by atoms with Crippen LogP contribution in [0.2, 0.25) is 19.6 Å². The molecule has 0 amide bonds. The zero-order valence-electron chi connectivity index (χ0n) is 8.53. The molecule has 1 aromatic heterocycles. The molecule has 0 aliphatic rings. The molecule has 0 spiro atoms. The number of aliphatic hydroxyl groups is 1. The molecule has 1 aromatic rings. The van der Waals surface area contributed by atoms with Gasteiger partial charge in [-0.15, -0.1) is 0 Å². The minimum absolute atomic E-state index is 0.150. The average Bonchev–Trinajstić information content (AvgIpc) is 2.48. The highest BCUT2D eigenvalue weighted by molar-refractivity contribution is 6.71. The van der Waals surface area contributed by atoms with Crippen LogP contribution >= 0.6 is 0 Å². The van der Waals surface area contributed by atoms with Crippen molar-refractivity contribution >= 4 is 14.3 Å². The molecule has 0 bridgehead atoms. The first-order valence-corrected chi connectivity index (χ1v) is 7.76. The fourth-order valence-corrected chi connectivity index (χ4v) is 1.56. The van der Waals surface area contributed by atoms with E-state index in [2.05, 4.69) is 0 Å². The number of aliphatic hydroxyl groups excluding tert-OH is 1. The first-order valence-electron chi connectivity index (χ1n) is 4.35. The highest BCUT2D eigenvalue weighted by Crippen LogP contribution is 2.12. The summed E-state index contributed by atoms with van der Waals surface area (Å²) >= 11 is 0. The Kier molecular flexibility index (Phi) is 3.12. The molecule has 0 atom stereocenters. The van der Waals surface area contributed by atoms with E-state index in [1.807, 2.05) is 19.6 Å². The zero-order chi connectivity index (χ0) is 10.8. The van der Waals surface area contributed by atoms with Crippen LogP contribution < -0.4 is 0 Å². The molecule has 0 unspecified atom stereocenters. The molecule has 78 valence electrons. The third-order valence-electron chi connectivity index (χ3n) is 1.42. The number of rotatable bonds is 3. The maximum atomic E-state index is 11.4. The van der Waals surface area contributed by atoms with Crippen molar-refractivity contribution in [3.05, 3.63) is 23.7 Å². The predicted octanol–water partition coefficient (Wildman–Crippen LogP) is 1.76. The minimum Gasteiger partial charge on any atom is -0.514 e. The molecular formula is C9H14O4Si. The van der Waals surface area contributed by atoms with Crippen LogP contribution in [0.1, 0.15) is 16.3 Å². The lowest BCUT2D eigenvalue weighted by molar-refractivity contribution is 0.0686. The summed E-state index contributed by atoms with van der Waals surface area (Å²) in [5.74, 6) is 0.0628. The van der Waals surface area contributed by atoms with E-state index in [1.165, 1.54) is 6.07 Å². The van der Waals surface area contributed by atoms with E-state index < -0.39 is 14.3 Å². The summed E-state index contributed by atoms with van der Waals surface area (Å²) in [5, 5.41) is 8.73. The second kappa shape index (κ2) is 3.98. The van der Waals surface area contributed by atoms with E-state index in [0.29, 0.717) is 5.76 Å². The molecule has 0 saturated carbocycles. The van der Waals surface area contributed by atoms with Crippen molar-refractivity contribution in [3.63, 3.8) is 0 Å². The molecule has 0 fully saturated rings. The molecule has 0 aliphatic carbocycles. The van der Waals surface area contributed by atoms with Gasteiger partial charge in [-0.1, -0.05) is 0 Å².